The van der Waals surface area contributed by atoms with Gasteiger partial charge in [0.2, 0.25) is 0 Å². The van der Waals surface area contributed by atoms with Gasteiger partial charge in [0.15, 0.2) is 5.13 Å². The van der Waals surface area contributed by atoms with E-state index in [0.717, 1.165) is 15.5 Å². The van der Waals surface area contributed by atoms with Crippen molar-refractivity contribution in [3.63, 3.8) is 0 Å². The van der Waals surface area contributed by atoms with Gasteiger partial charge < -0.3 is 5.11 Å². The number of benzene rings is 1. The highest BCUT2D eigenvalue weighted by Crippen LogP contribution is 2.25. The number of nitrogens with zero attached hydrogens (tertiary/aromatic N) is 2. The number of carbonyl (C=O) groups is 1. The van der Waals surface area contributed by atoms with E-state index in [4.69, 9.17) is 0 Å². The zero-order chi connectivity index (χ0) is 16.0. The quantitative estimate of drug-likeness (QED) is 0.788. The minimum atomic E-state index is -1.21. The van der Waals surface area contributed by atoms with E-state index in [1.807, 2.05) is 6.92 Å². The van der Waals surface area contributed by atoms with Crippen molar-refractivity contribution < 1.29 is 14.3 Å². The second-order valence-electron chi connectivity index (χ2n) is 4.82. The number of aromatic carboxylic acids is 1. The van der Waals surface area contributed by atoms with Crippen molar-refractivity contribution in [2.75, 3.05) is 0 Å². The third-order valence-electron chi connectivity index (χ3n) is 3.41. The van der Waals surface area contributed by atoms with Crippen molar-refractivity contribution in [1.82, 2.24) is 9.55 Å². The van der Waals surface area contributed by atoms with Crippen molar-refractivity contribution >= 4 is 28.1 Å². The predicted molar refractivity (Wildman–Crippen MR) is 81.6 cm³/mol. The van der Waals surface area contributed by atoms with Crippen LogP contribution in [0.25, 0.3) is 15.9 Å². The number of carboxylic acid groups (broad SMARTS) is 1. The number of rotatable bonds is 2. The summed E-state index contributed by atoms with van der Waals surface area (Å²) in [5, 5.41) is 9.65. The highest BCUT2D eigenvalue weighted by atomic mass is 32.1. The molecule has 2 heterocycles. The van der Waals surface area contributed by atoms with Crippen molar-refractivity contribution in [3.8, 4) is 5.13 Å². The molecule has 1 aromatic carbocycles. The molecule has 0 saturated carbocycles. The number of halogens is 1. The summed E-state index contributed by atoms with van der Waals surface area (Å²) >= 11 is 1.24. The van der Waals surface area contributed by atoms with Crippen LogP contribution in [0.15, 0.2) is 29.2 Å². The molecule has 0 atom stereocenters. The van der Waals surface area contributed by atoms with Gasteiger partial charge in [0.1, 0.15) is 5.82 Å². The first kappa shape index (κ1) is 14.4. The van der Waals surface area contributed by atoms with Crippen LogP contribution in [-0.2, 0) is 0 Å². The fourth-order valence-corrected chi connectivity index (χ4v) is 3.28. The Bertz CT molecular complexity index is 975. The SMILES string of the molecule is Cc1cnc(-n2c(C)c(C(=O)O)c3cccc(F)c3c2=O)s1. The number of carboxylic acids is 1. The van der Waals surface area contributed by atoms with Crippen molar-refractivity contribution in [2.45, 2.75) is 13.8 Å². The molecule has 0 radical (unpaired) electrons. The average molecular weight is 318 g/mol. The lowest BCUT2D eigenvalue weighted by molar-refractivity contribution is 0.0697. The maximum absolute atomic E-state index is 14.1. The van der Waals surface area contributed by atoms with Gasteiger partial charge in [-0.25, -0.2) is 14.2 Å². The summed E-state index contributed by atoms with van der Waals surface area (Å²) in [6.45, 7) is 3.34. The highest BCUT2D eigenvalue weighted by Gasteiger charge is 2.22. The van der Waals surface area contributed by atoms with Gasteiger partial charge in [-0.05, 0) is 19.9 Å². The summed E-state index contributed by atoms with van der Waals surface area (Å²) in [7, 11) is 0. The molecule has 5 nitrogen and oxygen atoms in total. The van der Waals surface area contributed by atoms with Gasteiger partial charge in [0, 0.05) is 22.2 Å². The summed E-state index contributed by atoms with van der Waals surface area (Å²) < 4.78 is 15.3. The van der Waals surface area contributed by atoms with Gasteiger partial charge in [0.25, 0.3) is 5.56 Å². The fraction of sp³-hybridized carbons (Fsp3) is 0.133. The largest absolute Gasteiger partial charge is 0.478 e. The van der Waals surface area contributed by atoms with Crippen LogP contribution in [0.3, 0.4) is 0 Å². The Labute approximate surface area is 128 Å². The summed E-state index contributed by atoms with van der Waals surface area (Å²) in [6, 6.07) is 3.97. The molecule has 2 aromatic heterocycles. The summed E-state index contributed by atoms with van der Waals surface area (Å²) in [6.07, 6.45) is 1.58. The van der Waals surface area contributed by atoms with Crippen LogP contribution in [0, 0.1) is 19.7 Å². The lowest BCUT2D eigenvalue weighted by atomic mass is 10.0. The van der Waals surface area contributed by atoms with Gasteiger partial charge in [-0.3, -0.25) is 9.36 Å². The van der Waals surface area contributed by atoms with Crippen LogP contribution in [-0.4, -0.2) is 20.6 Å². The third-order valence-corrected chi connectivity index (χ3v) is 4.31. The molecule has 22 heavy (non-hydrogen) atoms. The topological polar surface area (TPSA) is 72.2 Å². The first-order valence-corrected chi connectivity index (χ1v) is 7.23. The summed E-state index contributed by atoms with van der Waals surface area (Å²) in [5.41, 5.74) is -0.475. The molecule has 0 amide bonds. The average Bonchev–Trinajstić information content (AvgIpc) is 2.84. The van der Waals surface area contributed by atoms with Crippen LogP contribution in [0.4, 0.5) is 4.39 Å². The summed E-state index contributed by atoms with van der Waals surface area (Å²) in [5.74, 6) is -1.96. The molecule has 0 aliphatic heterocycles. The Morgan fingerprint density at radius 2 is 2.09 bits per heavy atom. The molecular formula is C15H11FN2O3S. The lowest BCUT2D eigenvalue weighted by Gasteiger charge is -2.13. The zero-order valence-electron chi connectivity index (χ0n) is 11.8. The van der Waals surface area contributed by atoms with E-state index in [1.165, 1.54) is 30.4 Å². The standard InChI is InChI=1S/C15H11FN2O3S/c1-7-6-17-15(22-7)18-8(2)11(14(20)21)9-4-3-5-10(16)12(9)13(18)19/h3-6H,1-2H3,(H,20,21). The van der Waals surface area contributed by atoms with E-state index >= 15 is 0 Å². The van der Waals surface area contributed by atoms with Crippen LogP contribution >= 0.6 is 11.3 Å². The molecule has 0 bridgehead atoms. The number of aryl methyl sites for hydroxylation is 1. The minimum Gasteiger partial charge on any atom is -0.478 e. The first-order valence-electron chi connectivity index (χ1n) is 6.41. The molecule has 0 spiro atoms. The number of hydrogen-bond donors (Lipinski definition) is 1. The van der Waals surface area contributed by atoms with Gasteiger partial charge >= 0.3 is 5.97 Å². The summed E-state index contributed by atoms with van der Waals surface area (Å²) in [4.78, 5) is 29.2. The number of pyridine rings is 1. The van der Waals surface area contributed by atoms with Crippen molar-refractivity contribution in [2.24, 2.45) is 0 Å². The highest BCUT2D eigenvalue weighted by molar-refractivity contribution is 7.14. The zero-order valence-corrected chi connectivity index (χ0v) is 12.6. The van der Waals surface area contributed by atoms with E-state index in [2.05, 4.69) is 4.98 Å². The van der Waals surface area contributed by atoms with E-state index in [-0.39, 0.29) is 22.0 Å². The number of thiazole rings is 1. The number of hydrogen-bond acceptors (Lipinski definition) is 4. The predicted octanol–water partition coefficient (Wildman–Crippen LogP) is 2.90. The van der Waals surface area contributed by atoms with Gasteiger partial charge in [-0.1, -0.05) is 12.1 Å². The van der Waals surface area contributed by atoms with Crippen LogP contribution in [0.2, 0.25) is 0 Å². The molecule has 0 fully saturated rings. The Hall–Kier alpha value is -2.54. The van der Waals surface area contributed by atoms with Crippen LogP contribution in [0.5, 0.6) is 0 Å². The van der Waals surface area contributed by atoms with Crippen LogP contribution in [0.1, 0.15) is 20.9 Å². The molecule has 1 N–H and O–H groups in total. The Morgan fingerprint density at radius 3 is 2.68 bits per heavy atom. The minimum absolute atomic E-state index is 0.0954. The number of aromatic nitrogens is 2. The normalized spacial score (nSPS) is 11.0. The molecule has 3 aromatic rings. The van der Waals surface area contributed by atoms with Gasteiger partial charge in [-0.2, -0.15) is 0 Å². The van der Waals surface area contributed by atoms with E-state index < -0.39 is 17.3 Å². The molecule has 112 valence electrons. The van der Waals surface area contributed by atoms with Crippen molar-refractivity contribution in [1.29, 1.82) is 0 Å². The lowest BCUT2D eigenvalue weighted by Crippen LogP contribution is -2.24. The number of fused-ring (bicyclic) bond motifs is 1. The third kappa shape index (κ3) is 2.01. The monoisotopic (exact) mass is 318 g/mol. The Morgan fingerprint density at radius 1 is 1.36 bits per heavy atom. The van der Waals surface area contributed by atoms with Gasteiger partial charge in [-0.15, -0.1) is 11.3 Å². The molecule has 0 aliphatic rings. The maximum Gasteiger partial charge on any atom is 0.338 e. The first-order chi connectivity index (χ1) is 10.4. The smallest absolute Gasteiger partial charge is 0.338 e. The van der Waals surface area contributed by atoms with E-state index in [0.29, 0.717) is 5.13 Å². The second-order valence-corrected chi connectivity index (χ2v) is 6.04. The van der Waals surface area contributed by atoms with Gasteiger partial charge in [0.05, 0.1) is 10.9 Å². The maximum atomic E-state index is 14.1. The molecule has 0 unspecified atom stereocenters. The molecule has 7 heteroatoms. The Kier molecular flexibility index (Phi) is 3.29. The van der Waals surface area contributed by atoms with E-state index in [1.54, 1.807) is 6.20 Å². The molecule has 0 aliphatic carbocycles. The molecular weight excluding hydrogens is 307 g/mol. The fourth-order valence-electron chi connectivity index (χ4n) is 2.47. The molecule has 0 saturated heterocycles. The Balaban J connectivity index is 2.56. The second kappa shape index (κ2) is 5.03. The van der Waals surface area contributed by atoms with Crippen molar-refractivity contribution in [3.05, 3.63) is 56.7 Å². The molecule has 3 rings (SSSR count). The van der Waals surface area contributed by atoms with Crippen LogP contribution < -0.4 is 5.56 Å². The van der Waals surface area contributed by atoms with E-state index in [9.17, 15) is 19.1 Å².